The molecule has 0 saturated carbocycles. The van der Waals surface area contributed by atoms with Gasteiger partial charge in [0.2, 0.25) is 0 Å². The number of fused-ring (bicyclic) bond motifs is 1. The third kappa shape index (κ3) is 4.38. The van der Waals surface area contributed by atoms with Crippen LogP contribution < -0.4 is 15.5 Å². The van der Waals surface area contributed by atoms with E-state index < -0.39 is 15.1 Å². The van der Waals surface area contributed by atoms with Crippen LogP contribution >= 0.6 is 0 Å². The number of rotatable bonds is 5. The molecule has 0 amide bonds. The fraction of sp³-hybridized carbons (Fsp3) is 0.409. The SMILES string of the molecule is O=S1(=O)CCNCC1CNc1nc(-c2ccc(N3CCOCC3)cc2)cc2nccnc12. The number of aromatic nitrogens is 3. The van der Waals surface area contributed by atoms with Crippen LogP contribution in [0.2, 0.25) is 0 Å². The van der Waals surface area contributed by atoms with Crippen LogP contribution in [0, 0.1) is 0 Å². The molecular weight excluding hydrogens is 428 g/mol. The Labute approximate surface area is 187 Å². The van der Waals surface area contributed by atoms with Crippen LogP contribution in [-0.4, -0.2) is 80.3 Å². The zero-order valence-corrected chi connectivity index (χ0v) is 18.5. The van der Waals surface area contributed by atoms with E-state index in [4.69, 9.17) is 9.72 Å². The summed E-state index contributed by atoms with van der Waals surface area (Å²) in [5.74, 6) is 0.701. The summed E-state index contributed by atoms with van der Waals surface area (Å²) in [4.78, 5) is 16.0. The maximum atomic E-state index is 12.4. The molecule has 2 aliphatic heterocycles. The molecule has 2 aliphatic rings. The molecule has 32 heavy (non-hydrogen) atoms. The van der Waals surface area contributed by atoms with Gasteiger partial charge in [0.15, 0.2) is 15.7 Å². The van der Waals surface area contributed by atoms with Crippen LogP contribution in [0.15, 0.2) is 42.7 Å². The Morgan fingerprint density at radius 3 is 2.69 bits per heavy atom. The number of sulfone groups is 1. The number of hydrogen-bond donors (Lipinski definition) is 2. The Morgan fingerprint density at radius 2 is 1.91 bits per heavy atom. The molecular formula is C22H26N6O3S. The first-order valence-corrected chi connectivity index (χ1v) is 12.5. The monoisotopic (exact) mass is 454 g/mol. The highest BCUT2D eigenvalue weighted by atomic mass is 32.2. The van der Waals surface area contributed by atoms with E-state index in [9.17, 15) is 8.42 Å². The molecule has 0 radical (unpaired) electrons. The second-order valence-corrected chi connectivity index (χ2v) is 10.4. The van der Waals surface area contributed by atoms with Gasteiger partial charge in [-0.3, -0.25) is 4.98 Å². The maximum Gasteiger partial charge on any atom is 0.157 e. The predicted octanol–water partition coefficient (Wildman–Crippen LogP) is 1.33. The normalized spacial score (nSPS) is 20.9. The summed E-state index contributed by atoms with van der Waals surface area (Å²) in [6.45, 7) is 4.46. The van der Waals surface area contributed by atoms with Crippen LogP contribution in [0.4, 0.5) is 11.5 Å². The van der Waals surface area contributed by atoms with Crippen molar-refractivity contribution in [3.63, 3.8) is 0 Å². The Morgan fingerprint density at radius 1 is 1.12 bits per heavy atom. The van der Waals surface area contributed by atoms with Crippen molar-refractivity contribution in [1.82, 2.24) is 20.3 Å². The molecule has 9 nitrogen and oxygen atoms in total. The van der Waals surface area contributed by atoms with Gasteiger partial charge in [-0.1, -0.05) is 12.1 Å². The minimum absolute atomic E-state index is 0.156. The van der Waals surface area contributed by atoms with Crippen molar-refractivity contribution in [3.8, 4) is 11.3 Å². The first-order valence-electron chi connectivity index (χ1n) is 10.8. The quantitative estimate of drug-likeness (QED) is 0.590. The molecule has 5 rings (SSSR count). The number of hydrogen-bond acceptors (Lipinski definition) is 9. The van der Waals surface area contributed by atoms with Crippen LogP contribution in [-0.2, 0) is 14.6 Å². The van der Waals surface area contributed by atoms with E-state index in [0.29, 0.717) is 29.9 Å². The minimum Gasteiger partial charge on any atom is -0.378 e. The molecule has 4 heterocycles. The first-order chi connectivity index (χ1) is 15.6. The summed E-state index contributed by atoms with van der Waals surface area (Å²) < 4.78 is 30.2. The number of morpholine rings is 1. The number of anilines is 2. The number of benzene rings is 1. The summed E-state index contributed by atoms with van der Waals surface area (Å²) in [7, 11) is -3.13. The van der Waals surface area contributed by atoms with Crippen molar-refractivity contribution < 1.29 is 13.2 Å². The minimum atomic E-state index is -3.13. The molecule has 10 heteroatoms. The molecule has 168 valence electrons. The van der Waals surface area contributed by atoms with Crippen molar-refractivity contribution in [1.29, 1.82) is 0 Å². The number of nitrogens with zero attached hydrogens (tertiary/aromatic N) is 4. The molecule has 2 N–H and O–H groups in total. The average Bonchev–Trinajstić information content (AvgIpc) is 2.83. The van der Waals surface area contributed by atoms with Crippen LogP contribution in [0.5, 0.6) is 0 Å². The van der Waals surface area contributed by atoms with Gasteiger partial charge in [-0.25, -0.2) is 18.4 Å². The van der Waals surface area contributed by atoms with Crippen molar-refractivity contribution in [2.75, 3.05) is 61.9 Å². The van der Waals surface area contributed by atoms with E-state index in [0.717, 1.165) is 43.2 Å². The first kappa shape index (κ1) is 21.0. The third-order valence-electron chi connectivity index (χ3n) is 5.94. The lowest BCUT2D eigenvalue weighted by Crippen LogP contribution is -2.47. The van der Waals surface area contributed by atoms with Gasteiger partial charge in [0.05, 0.1) is 35.4 Å². The molecule has 1 atom stereocenters. The molecule has 0 spiro atoms. The summed E-state index contributed by atoms with van der Waals surface area (Å²) in [5, 5.41) is 5.89. The van der Waals surface area contributed by atoms with Gasteiger partial charge in [0.1, 0.15) is 5.52 Å². The number of pyridine rings is 1. The van der Waals surface area contributed by atoms with Gasteiger partial charge in [0.25, 0.3) is 0 Å². The Hall–Kier alpha value is -2.82. The second-order valence-electron chi connectivity index (χ2n) is 8.00. The lowest BCUT2D eigenvalue weighted by atomic mass is 10.1. The van der Waals surface area contributed by atoms with Crippen molar-refractivity contribution in [2.45, 2.75) is 5.25 Å². The van der Waals surface area contributed by atoms with E-state index >= 15 is 0 Å². The highest BCUT2D eigenvalue weighted by Gasteiger charge is 2.28. The molecule has 3 aromatic rings. The maximum absolute atomic E-state index is 12.4. The van der Waals surface area contributed by atoms with Gasteiger partial charge in [0, 0.05) is 56.4 Å². The van der Waals surface area contributed by atoms with Crippen molar-refractivity contribution in [2.24, 2.45) is 0 Å². The predicted molar refractivity (Wildman–Crippen MR) is 125 cm³/mol. The van der Waals surface area contributed by atoms with E-state index in [2.05, 4.69) is 49.8 Å². The lowest BCUT2D eigenvalue weighted by molar-refractivity contribution is 0.122. The zero-order chi connectivity index (χ0) is 22.0. The molecule has 1 aromatic carbocycles. The smallest absolute Gasteiger partial charge is 0.157 e. The average molecular weight is 455 g/mol. The fourth-order valence-electron chi connectivity index (χ4n) is 4.09. The van der Waals surface area contributed by atoms with E-state index in [1.165, 1.54) is 0 Å². The molecule has 0 bridgehead atoms. The highest BCUT2D eigenvalue weighted by Crippen LogP contribution is 2.27. The molecule has 2 saturated heterocycles. The summed E-state index contributed by atoms with van der Waals surface area (Å²) >= 11 is 0. The van der Waals surface area contributed by atoms with Gasteiger partial charge in [-0.15, -0.1) is 0 Å². The Bertz CT molecular complexity index is 1200. The largest absolute Gasteiger partial charge is 0.378 e. The van der Waals surface area contributed by atoms with Crippen molar-refractivity contribution in [3.05, 3.63) is 42.7 Å². The van der Waals surface area contributed by atoms with Gasteiger partial charge in [-0.2, -0.15) is 0 Å². The van der Waals surface area contributed by atoms with Crippen LogP contribution in [0.1, 0.15) is 0 Å². The third-order valence-corrected chi connectivity index (χ3v) is 8.06. The van der Waals surface area contributed by atoms with Crippen molar-refractivity contribution >= 4 is 32.4 Å². The standard InChI is InChI=1S/C22H26N6O3S/c29-32(30)12-7-23-14-18(32)15-26-22-21-20(24-5-6-25-21)13-19(27-22)16-1-3-17(4-2-16)28-8-10-31-11-9-28/h1-6,13,18,23H,7-12,14-15H2,(H,26,27). The fourth-order valence-corrected chi connectivity index (χ4v) is 5.56. The molecule has 1 unspecified atom stereocenters. The van der Waals surface area contributed by atoms with E-state index in [-0.39, 0.29) is 12.3 Å². The highest BCUT2D eigenvalue weighted by molar-refractivity contribution is 7.92. The topological polar surface area (TPSA) is 109 Å². The number of ether oxygens (including phenoxy) is 1. The van der Waals surface area contributed by atoms with Gasteiger partial charge >= 0.3 is 0 Å². The number of nitrogens with one attached hydrogen (secondary N) is 2. The zero-order valence-electron chi connectivity index (χ0n) is 17.7. The van der Waals surface area contributed by atoms with E-state index in [1.54, 1.807) is 12.4 Å². The second kappa shape index (κ2) is 8.97. The Kier molecular flexibility index (Phi) is 5.90. The van der Waals surface area contributed by atoms with Gasteiger partial charge < -0.3 is 20.3 Å². The Balaban J connectivity index is 1.43. The summed E-state index contributed by atoms with van der Waals surface area (Å²) in [6, 6.07) is 10.2. The van der Waals surface area contributed by atoms with E-state index in [1.807, 2.05) is 6.07 Å². The summed E-state index contributed by atoms with van der Waals surface area (Å²) in [5.41, 5.74) is 4.22. The lowest BCUT2D eigenvalue weighted by Gasteiger charge is -2.28. The van der Waals surface area contributed by atoms with Gasteiger partial charge in [-0.05, 0) is 18.2 Å². The molecule has 2 aromatic heterocycles. The molecule has 2 fully saturated rings. The summed E-state index contributed by atoms with van der Waals surface area (Å²) in [6.07, 6.45) is 3.26. The van der Waals surface area contributed by atoms with Crippen LogP contribution in [0.3, 0.4) is 0 Å². The molecule has 0 aliphatic carbocycles. The van der Waals surface area contributed by atoms with Crippen LogP contribution in [0.25, 0.3) is 22.3 Å².